The molecule has 0 aliphatic heterocycles. The molecule has 21 heavy (non-hydrogen) atoms. The number of fused-ring (bicyclic) bond motifs is 2. The number of hydrogen-bond donors (Lipinski definition) is 2. The predicted molar refractivity (Wildman–Crippen MR) is 86.9 cm³/mol. The van der Waals surface area contributed by atoms with Gasteiger partial charge in [0.2, 0.25) is 0 Å². The lowest BCUT2D eigenvalue weighted by molar-refractivity contribution is 0.421. The van der Waals surface area contributed by atoms with Crippen LogP contribution in [0.25, 0.3) is 10.8 Å². The summed E-state index contributed by atoms with van der Waals surface area (Å²) in [7, 11) is 0. The number of nitrogens with one attached hydrogen (secondary N) is 1. The second-order valence-corrected chi connectivity index (χ2v) is 5.72. The van der Waals surface area contributed by atoms with E-state index in [-0.39, 0.29) is 6.04 Å². The zero-order valence-electron chi connectivity index (χ0n) is 11.8. The fraction of sp³-hybridized carbons (Fsp3) is 0.158. The van der Waals surface area contributed by atoms with Crippen LogP contribution in [-0.2, 0) is 6.42 Å². The number of hydrazine groups is 1. The van der Waals surface area contributed by atoms with E-state index in [1.54, 1.807) is 0 Å². The van der Waals surface area contributed by atoms with Crippen LogP contribution in [0.4, 0.5) is 0 Å². The number of hydrogen-bond acceptors (Lipinski definition) is 2. The van der Waals surface area contributed by atoms with Crippen molar-refractivity contribution in [1.29, 1.82) is 0 Å². The largest absolute Gasteiger partial charge is 0.271 e. The van der Waals surface area contributed by atoms with Crippen LogP contribution in [-0.4, -0.2) is 0 Å². The summed E-state index contributed by atoms with van der Waals surface area (Å²) in [5.74, 6) is 6.37. The van der Waals surface area contributed by atoms with Crippen molar-refractivity contribution in [1.82, 2.24) is 5.43 Å². The van der Waals surface area contributed by atoms with E-state index in [2.05, 4.69) is 72.2 Å². The highest BCUT2D eigenvalue weighted by Crippen LogP contribution is 2.44. The number of rotatable bonds is 3. The molecule has 3 N–H and O–H groups in total. The summed E-state index contributed by atoms with van der Waals surface area (Å²) in [6.45, 7) is 0. The van der Waals surface area contributed by atoms with Gasteiger partial charge in [-0.1, -0.05) is 66.7 Å². The first-order valence-electron chi connectivity index (χ1n) is 7.40. The maximum absolute atomic E-state index is 5.91. The molecule has 3 aromatic carbocycles. The van der Waals surface area contributed by atoms with Crippen molar-refractivity contribution in [3.63, 3.8) is 0 Å². The molecular weight excluding hydrogens is 256 g/mol. The minimum atomic E-state index is 0.158. The van der Waals surface area contributed by atoms with Gasteiger partial charge in [0.25, 0.3) is 0 Å². The van der Waals surface area contributed by atoms with Crippen molar-refractivity contribution in [3.05, 3.63) is 83.4 Å². The van der Waals surface area contributed by atoms with Crippen LogP contribution >= 0.6 is 0 Å². The zero-order chi connectivity index (χ0) is 14.2. The quantitative estimate of drug-likeness (QED) is 0.565. The highest BCUT2D eigenvalue weighted by atomic mass is 15.2. The van der Waals surface area contributed by atoms with E-state index in [9.17, 15) is 0 Å². The summed E-state index contributed by atoms with van der Waals surface area (Å²) in [6.07, 6.45) is 1.09. The summed E-state index contributed by atoms with van der Waals surface area (Å²) in [4.78, 5) is 0. The lowest BCUT2D eigenvalue weighted by atomic mass is 9.71. The predicted octanol–water partition coefficient (Wildman–Crippen LogP) is 3.68. The Labute approximate surface area is 124 Å². The van der Waals surface area contributed by atoms with Crippen molar-refractivity contribution in [2.75, 3.05) is 0 Å². The number of benzene rings is 3. The van der Waals surface area contributed by atoms with E-state index in [4.69, 9.17) is 5.84 Å². The molecule has 0 saturated carbocycles. The SMILES string of the molecule is NNC(c1cccc2ccccc12)C1Cc2ccccc21. The van der Waals surface area contributed by atoms with Gasteiger partial charge in [0.15, 0.2) is 0 Å². The normalized spacial score (nSPS) is 18.0. The second-order valence-electron chi connectivity index (χ2n) is 5.72. The molecule has 3 aromatic rings. The lowest BCUT2D eigenvalue weighted by Crippen LogP contribution is -2.37. The molecule has 0 bridgehead atoms. The van der Waals surface area contributed by atoms with Gasteiger partial charge in [0.05, 0.1) is 6.04 Å². The molecule has 0 fully saturated rings. The second kappa shape index (κ2) is 4.99. The molecule has 0 aromatic heterocycles. The Kier molecular flexibility index (Phi) is 2.99. The summed E-state index contributed by atoms with van der Waals surface area (Å²) in [6, 6.07) is 23.8. The van der Waals surface area contributed by atoms with Crippen molar-refractivity contribution >= 4 is 10.8 Å². The molecule has 0 spiro atoms. The fourth-order valence-electron chi connectivity index (χ4n) is 3.54. The van der Waals surface area contributed by atoms with Crippen LogP contribution < -0.4 is 11.3 Å². The summed E-state index contributed by atoms with van der Waals surface area (Å²) >= 11 is 0. The molecule has 0 heterocycles. The molecule has 0 radical (unpaired) electrons. The van der Waals surface area contributed by atoms with Gasteiger partial charge in [-0.05, 0) is 33.9 Å². The molecule has 2 nitrogen and oxygen atoms in total. The first kappa shape index (κ1) is 12.6. The highest BCUT2D eigenvalue weighted by Gasteiger charge is 2.33. The third kappa shape index (κ3) is 1.96. The lowest BCUT2D eigenvalue weighted by Gasteiger charge is -2.37. The van der Waals surface area contributed by atoms with Gasteiger partial charge < -0.3 is 0 Å². The standard InChI is InChI=1S/C19H18N2/c20-21-19(18-12-14-7-2-4-10-16(14)18)17-11-5-8-13-6-1-3-9-15(13)17/h1-11,18-19,21H,12,20H2. The van der Waals surface area contributed by atoms with Crippen molar-refractivity contribution in [3.8, 4) is 0 Å². The van der Waals surface area contributed by atoms with E-state index in [0.717, 1.165) is 6.42 Å². The van der Waals surface area contributed by atoms with Crippen LogP contribution in [0.1, 0.15) is 28.7 Å². The van der Waals surface area contributed by atoms with Crippen molar-refractivity contribution in [2.24, 2.45) is 5.84 Å². The average molecular weight is 274 g/mol. The first-order valence-corrected chi connectivity index (χ1v) is 7.40. The van der Waals surface area contributed by atoms with Gasteiger partial charge in [-0.2, -0.15) is 0 Å². The summed E-state index contributed by atoms with van der Waals surface area (Å²) < 4.78 is 0. The summed E-state index contributed by atoms with van der Waals surface area (Å²) in [5.41, 5.74) is 7.21. The van der Waals surface area contributed by atoms with Crippen LogP contribution in [0, 0.1) is 0 Å². The zero-order valence-corrected chi connectivity index (χ0v) is 11.8. The molecule has 4 rings (SSSR count). The topological polar surface area (TPSA) is 38.0 Å². The molecule has 2 heteroatoms. The Balaban J connectivity index is 1.80. The highest BCUT2D eigenvalue weighted by molar-refractivity contribution is 5.86. The molecule has 1 aliphatic carbocycles. The van der Waals surface area contributed by atoms with E-state index in [1.165, 1.54) is 27.5 Å². The van der Waals surface area contributed by atoms with E-state index in [1.807, 2.05) is 0 Å². The van der Waals surface area contributed by atoms with Gasteiger partial charge in [0.1, 0.15) is 0 Å². The monoisotopic (exact) mass is 274 g/mol. The molecule has 1 aliphatic rings. The van der Waals surface area contributed by atoms with Crippen molar-refractivity contribution in [2.45, 2.75) is 18.4 Å². The van der Waals surface area contributed by atoms with E-state index >= 15 is 0 Å². The molecule has 2 unspecified atom stereocenters. The van der Waals surface area contributed by atoms with Gasteiger partial charge >= 0.3 is 0 Å². The van der Waals surface area contributed by atoms with Crippen LogP contribution in [0.5, 0.6) is 0 Å². The maximum Gasteiger partial charge on any atom is 0.0537 e. The molecular formula is C19H18N2. The van der Waals surface area contributed by atoms with Gasteiger partial charge in [-0.25, -0.2) is 0 Å². The molecule has 2 atom stereocenters. The van der Waals surface area contributed by atoms with Crippen LogP contribution in [0.15, 0.2) is 66.7 Å². The van der Waals surface area contributed by atoms with E-state index < -0.39 is 0 Å². The smallest absolute Gasteiger partial charge is 0.0537 e. The van der Waals surface area contributed by atoms with E-state index in [0.29, 0.717) is 5.92 Å². The van der Waals surface area contributed by atoms with Crippen molar-refractivity contribution < 1.29 is 0 Å². The third-order valence-corrected chi connectivity index (χ3v) is 4.63. The van der Waals surface area contributed by atoms with Gasteiger partial charge in [-0.15, -0.1) is 0 Å². The minimum Gasteiger partial charge on any atom is -0.271 e. The van der Waals surface area contributed by atoms with Gasteiger partial charge in [-0.3, -0.25) is 11.3 Å². The first-order chi connectivity index (χ1) is 10.4. The Morgan fingerprint density at radius 3 is 2.52 bits per heavy atom. The maximum atomic E-state index is 5.91. The molecule has 0 saturated heterocycles. The molecule has 0 amide bonds. The Bertz CT molecular complexity index is 789. The average Bonchev–Trinajstić information content (AvgIpc) is 2.52. The Hall–Kier alpha value is -2.16. The Morgan fingerprint density at radius 2 is 1.67 bits per heavy atom. The summed E-state index contributed by atoms with van der Waals surface area (Å²) in [5, 5.41) is 2.55. The fourth-order valence-corrected chi connectivity index (χ4v) is 3.54. The van der Waals surface area contributed by atoms with Crippen LogP contribution in [0.2, 0.25) is 0 Å². The Morgan fingerprint density at radius 1 is 0.905 bits per heavy atom. The molecule has 104 valence electrons. The number of nitrogens with two attached hydrogens (primary N) is 1. The van der Waals surface area contributed by atoms with Crippen LogP contribution in [0.3, 0.4) is 0 Å². The van der Waals surface area contributed by atoms with Gasteiger partial charge in [0, 0.05) is 5.92 Å². The third-order valence-electron chi connectivity index (χ3n) is 4.63. The minimum absolute atomic E-state index is 0.158.